The van der Waals surface area contributed by atoms with Gasteiger partial charge in [-0.1, -0.05) is 0 Å². The largest absolute Gasteiger partial charge is 0.379 e. The Bertz CT molecular complexity index is 195. The van der Waals surface area contributed by atoms with E-state index in [1.54, 1.807) is 7.05 Å². The monoisotopic (exact) mass is 216 g/mol. The standard InChI is InChI=1S/C10H20N2O3/c1-9(13)4-7-15-8-6-12-10(14)3-5-11-2/h11H,3-8H2,1-2H3,(H,12,14). The molecule has 0 aromatic carbocycles. The van der Waals surface area contributed by atoms with Gasteiger partial charge in [0.05, 0.1) is 13.2 Å². The predicted molar refractivity (Wildman–Crippen MR) is 57.7 cm³/mol. The van der Waals surface area contributed by atoms with Crippen molar-refractivity contribution in [1.29, 1.82) is 0 Å². The average molecular weight is 216 g/mol. The fourth-order valence-corrected chi connectivity index (χ4v) is 0.907. The van der Waals surface area contributed by atoms with E-state index in [4.69, 9.17) is 4.74 Å². The Morgan fingerprint density at radius 3 is 2.47 bits per heavy atom. The molecule has 0 aromatic rings. The van der Waals surface area contributed by atoms with E-state index in [0.717, 1.165) is 0 Å². The summed E-state index contributed by atoms with van der Waals surface area (Å²) in [5.74, 6) is 0.132. The van der Waals surface area contributed by atoms with E-state index in [-0.39, 0.29) is 11.7 Å². The molecule has 0 aromatic heterocycles. The van der Waals surface area contributed by atoms with Crippen molar-refractivity contribution in [2.75, 3.05) is 33.4 Å². The molecular weight excluding hydrogens is 196 g/mol. The quantitative estimate of drug-likeness (QED) is 0.520. The van der Waals surface area contributed by atoms with Crippen LogP contribution in [0.2, 0.25) is 0 Å². The summed E-state index contributed by atoms with van der Waals surface area (Å²) in [5, 5.41) is 5.61. The van der Waals surface area contributed by atoms with Crippen LogP contribution in [0.4, 0.5) is 0 Å². The molecule has 0 bridgehead atoms. The Hall–Kier alpha value is -0.940. The number of rotatable bonds is 9. The second kappa shape index (κ2) is 9.61. The molecule has 0 rings (SSSR count). The molecule has 0 heterocycles. The minimum Gasteiger partial charge on any atom is -0.379 e. The lowest BCUT2D eigenvalue weighted by atomic mass is 10.3. The minimum atomic E-state index is 0.0134. The van der Waals surface area contributed by atoms with E-state index >= 15 is 0 Å². The summed E-state index contributed by atoms with van der Waals surface area (Å²) in [7, 11) is 1.80. The van der Waals surface area contributed by atoms with Crippen molar-refractivity contribution in [3.63, 3.8) is 0 Å². The number of ether oxygens (including phenoxy) is 1. The van der Waals surface area contributed by atoms with Crippen LogP contribution in [0.25, 0.3) is 0 Å². The molecule has 0 unspecified atom stereocenters. The van der Waals surface area contributed by atoms with Gasteiger partial charge in [-0.15, -0.1) is 0 Å². The molecule has 0 atom stereocenters. The molecule has 0 saturated carbocycles. The van der Waals surface area contributed by atoms with Gasteiger partial charge in [-0.05, 0) is 14.0 Å². The number of Topliss-reactive ketones (excluding diaryl/α,β-unsaturated/α-hetero) is 1. The number of hydrogen-bond donors (Lipinski definition) is 2. The van der Waals surface area contributed by atoms with Crippen LogP contribution in [-0.4, -0.2) is 45.0 Å². The van der Waals surface area contributed by atoms with Crippen LogP contribution >= 0.6 is 0 Å². The predicted octanol–water partition coefficient (Wildman–Crippen LogP) is -0.292. The fourth-order valence-electron chi connectivity index (χ4n) is 0.907. The fraction of sp³-hybridized carbons (Fsp3) is 0.800. The van der Waals surface area contributed by atoms with Crippen LogP contribution in [0, 0.1) is 0 Å². The zero-order valence-electron chi connectivity index (χ0n) is 9.47. The number of hydrogen-bond acceptors (Lipinski definition) is 4. The first-order valence-corrected chi connectivity index (χ1v) is 5.15. The molecule has 5 heteroatoms. The highest BCUT2D eigenvalue weighted by atomic mass is 16.5. The van der Waals surface area contributed by atoms with Crippen LogP contribution in [-0.2, 0) is 14.3 Å². The summed E-state index contributed by atoms with van der Waals surface area (Å²) in [6.45, 7) is 3.60. The van der Waals surface area contributed by atoms with Crippen molar-refractivity contribution >= 4 is 11.7 Å². The average Bonchev–Trinajstić information content (AvgIpc) is 2.19. The molecule has 1 amide bonds. The summed E-state index contributed by atoms with van der Waals surface area (Å²) in [6.07, 6.45) is 0.914. The Morgan fingerprint density at radius 1 is 1.13 bits per heavy atom. The molecule has 88 valence electrons. The zero-order chi connectivity index (χ0) is 11.5. The van der Waals surface area contributed by atoms with Crippen LogP contribution in [0.3, 0.4) is 0 Å². The second-order valence-electron chi connectivity index (χ2n) is 3.27. The molecule has 15 heavy (non-hydrogen) atoms. The van der Waals surface area contributed by atoms with Crippen molar-refractivity contribution in [1.82, 2.24) is 10.6 Å². The Kier molecular flexibility index (Phi) is 9.01. The highest BCUT2D eigenvalue weighted by Crippen LogP contribution is 1.83. The first-order valence-electron chi connectivity index (χ1n) is 5.15. The molecule has 0 fully saturated rings. The van der Waals surface area contributed by atoms with Crippen LogP contribution < -0.4 is 10.6 Å². The summed E-state index contributed by atoms with van der Waals surface area (Å²) in [5.41, 5.74) is 0. The Morgan fingerprint density at radius 2 is 1.87 bits per heavy atom. The van der Waals surface area contributed by atoms with Gasteiger partial charge in [-0.2, -0.15) is 0 Å². The van der Waals surface area contributed by atoms with E-state index in [1.807, 2.05) is 0 Å². The van der Waals surface area contributed by atoms with Crippen LogP contribution in [0.15, 0.2) is 0 Å². The second-order valence-corrected chi connectivity index (χ2v) is 3.27. The molecule has 0 aliphatic rings. The lowest BCUT2D eigenvalue weighted by Gasteiger charge is -2.05. The van der Waals surface area contributed by atoms with Crippen LogP contribution in [0.5, 0.6) is 0 Å². The van der Waals surface area contributed by atoms with Gasteiger partial charge in [0.2, 0.25) is 5.91 Å². The molecule has 0 aliphatic carbocycles. The third kappa shape index (κ3) is 11.0. The maximum Gasteiger partial charge on any atom is 0.221 e. The third-order valence-electron chi connectivity index (χ3n) is 1.77. The molecule has 0 radical (unpaired) electrons. The topological polar surface area (TPSA) is 67.4 Å². The number of carbonyl (C=O) groups is 2. The Balaban J connectivity index is 3.16. The highest BCUT2D eigenvalue weighted by molar-refractivity contribution is 5.76. The van der Waals surface area contributed by atoms with E-state index in [1.165, 1.54) is 6.92 Å². The smallest absolute Gasteiger partial charge is 0.221 e. The highest BCUT2D eigenvalue weighted by Gasteiger charge is 1.98. The van der Waals surface area contributed by atoms with Crippen molar-refractivity contribution < 1.29 is 14.3 Å². The van der Waals surface area contributed by atoms with Gasteiger partial charge in [0.25, 0.3) is 0 Å². The number of ketones is 1. The van der Waals surface area contributed by atoms with Crippen molar-refractivity contribution in [2.45, 2.75) is 19.8 Å². The van der Waals surface area contributed by atoms with E-state index in [0.29, 0.717) is 39.1 Å². The minimum absolute atomic E-state index is 0.0134. The van der Waals surface area contributed by atoms with Crippen LogP contribution in [0.1, 0.15) is 19.8 Å². The molecule has 2 N–H and O–H groups in total. The van der Waals surface area contributed by atoms with Gasteiger partial charge >= 0.3 is 0 Å². The van der Waals surface area contributed by atoms with Gasteiger partial charge in [-0.25, -0.2) is 0 Å². The van der Waals surface area contributed by atoms with Gasteiger partial charge in [0, 0.05) is 25.9 Å². The van der Waals surface area contributed by atoms with E-state index in [9.17, 15) is 9.59 Å². The van der Waals surface area contributed by atoms with Gasteiger partial charge < -0.3 is 15.4 Å². The summed E-state index contributed by atoms with van der Waals surface area (Å²) >= 11 is 0. The van der Waals surface area contributed by atoms with E-state index in [2.05, 4.69) is 10.6 Å². The zero-order valence-corrected chi connectivity index (χ0v) is 9.47. The van der Waals surface area contributed by atoms with Gasteiger partial charge in [0.15, 0.2) is 0 Å². The van der Waals surface area contributed by atoms with Crippen molar-refractivity contribution in [3.8, 4) is 0 Å². The number of nitrogens with one attached hydrogen (secondary N) is 2. The Labute approximate surface area is 90.6 Å². The van der Waals surface area contributed by atoms with Crippen molar-refractivity contribution in [2.24, 2.45) is 0 Å². The maximum absolute atomic E-state index is 11.1. The molecule has 0 aliphatic heterocycles. The third-order valence-corrected chi connectivity index (χ3v) is 1.77. The van der Waals surface area contributed by atoms with E-state index < -0.39 is 0 Å². The molecular formula is C10H20N2O3. The first-order chi connectivity index (χ1) is 7.16. The van der Waals surface area contributed by atoms with Gasteiger partial charge in [-0.3, -0.25) is 9.59 Å². The number of amides is 1. The van der Waals surface area contributed by atoms with Crippen molar-refractivity contribution in [3.05, 3.63) is 0 Å². The van der Waals surface area contributed by atoms with Gasteiger partial charge in [0.1, 0.15) is 5.78 Å². The summed E-state index contributed by atoms with van der Waals surface area (Å²) < 4.78 is 5.15. The summed E-state index contributed by atoms with van der Waals surface area (Å²) in [4.78, 5) is 21.6. The SMILES string of the molecule is CNCCC(=O)NCCOCCC(C)=O. The molecule has 0 spiro atoms. The lowest BCUT2D eigenvalue weighted by Crippen LogP contribution is -2.29. The lowest BCUT2D eigenvalue weighted by molar-refractivity contribution is -0.121. The summed E-state index contributed by atoms with van der Waals surface area (Å²) in [6, 6.07) is 0. The normalized spacial score (nSPS) is 10.0. The number of carbonyl (C=O) groups excluding carboxylic acids is 2. The maximum atomic E-state index is 11.1. The molecule has 5 nitrogen and oxygen atoms in total. The first kappa shape index (κ1) is 14.1. The molecule has 0 saturated heterocycles.